The summed E-state index contributed by atoms with van der Waals surface area (Å²) in [5, 5.41) is 0. The number of thioether (sulfide) groups is 1. The van der Waals surface area contributed by atoms with Gasteiger partial charge in [0.05, 0.1) is 0 Å². The molecule has 0 aromatic rings. The lowest BCUT2D eigenvalue weighted by Gasteiger charge is -2.44. The van der Waals surface area contributed by atoms with E-state index in [0.29, 0.717) is 0 Å². The third kappa shape index (κ3) is 3.37. The molecule has 2 aliphatic heterocycles. The average Bonchev–Trinajstić information content (AvgIpc) is 2.90. The Hall–Kier alpha value is 0.230. The maximum atomic E-state index is 6.05. The summed E-state index contributed by atoms with van der Waals surface area (Å²) in [5.41, 5.74) is 6.33. The summed E-state index contributed by atoms with van der Waals surface area (Å²) >= 11 is 2.08. The van der Waals surface area contributed by atoms with Crippen LogP contribution in [-0.4, -0.2) is 66.6 Å². The fourth-order valence-corrected chi connectivity index (χ4v) is 4.35. The van der Waals surface area contributed by atoms with Gasteiger partial charge < -0.3 is 10.6 Å². The van der Waals surface area contributed by atoms with Gasteiger partial charge in [-0.3, -0.25) is 4.90 Å². The number of hydrogen-bond donors (Lipinski definition) is 1. The van der Waals surface area contributed by atoms with Crippen LogP contribution in [0.1, 0.15) is 25.7 Å². The van der Waals surface area contributed by atoms with Crippen molar-refractivity contribution in [2.45, 2.75) is 31.2 Å². The van der Waals surface area contributed by atoms with Crippen LogP contribution in [0.25, 0.3) is 0 Å². The molecule has 0 radical (unpaired) electrons. The molecule has 2 fully saturated rings. The van der Waals surface area contributed by atoms with Crippen LogP contribution in [0.4, 0.5) is 0 Å². The molecule has 17 heavy (non-hydrogen) atoms. The molecule has 3 nitrogen and oxygen atoms in total. The highest BCUT2D eigenvalue weighted by Crippen LogP contribution is 2.30. The molecule has 0 aromatic heterocycles. The van der Waals surface area contributed by atoms with Gasteiger partial charge in [-0.1, -0.05) is 0 Å². The SMILES string of the molecule is CN(CCN1CCCC1)C1(CN)CCCSC1. The van der Waals surface area contributed by atoms with E-state index in [-0.39, 0.29) is 5.54 Å². The standard InChI is InChI=1S/C13H27N3S/c1-15(8-9-16-6-2-3-7-16)13(11-14)5-4-10-17-12-13/h2-12,14H2,1H3. The van der Waals surface area contributed by atoms with E-state index in [1.54, 1.807) is 0 Å². The van der Waals surface area contributed by atoms with Gasteiger partial charge >= 0.3 is 0 Å². The first-order chi connectivity index (χ1) is 8.27. The lowest BCUT2D eigenvalue weighted by atomic mass is 9.93. The molecule has 1 atom stereocenters. The zero-order valence-electron chi connectivity index (χ0n) is 11.2. The Morgan fingerprint density at radius 1 is 1.29 bits per heavy atom. The third-order valence-corrected chi connectivity index (χ3v) is 5.76. The first kappa shape index (κ1) is 13.7. The molecule has 2 aliphatic rings. The predicted octanol–water partition coefficient (Wildman–Crippen LogP) is 1.24. The maximum absolute atomic E-state index is 6.05. The Morgan fingerprint density at radius 2 is 2.06 bits per heavy atom. The smallest absolute Gasteiger partial charge is 0.0419 e. The van der Waals surface area contributed by atoms with Crippen LogP contribution in [-0.2, 0) is 0 Å². The van der Waals surface area contributed by atoms with Gasteiger partial charge in [0.15, 0.2) is 0 Å². The molecule has 0 saturated carbocycles. The van der Waals surface area contributed by atoms with Crippen molar-refractivity contribution in [3.8, 4) is 0 Å². The van der Waals surface area contributed by atoms with Crippen molar-refractivity contribution in [1.82, 2.24) is 9.80 Å². The Morgan fingerprint density at radius 3 is 2.65 bits per heavy atom. The molecule has 1 unspecified atom stereocenters. The molecule has 2 saturated heterocycles. The van der Waals surface area contributed by atoms with Gasteiger partial charge in [0.25, 0.3) is 0 Å². The van der Waals surface area contributed by atoms with Crippen LogP contribution in [0.2, 0.25) is 0 Å². The molecule has 2 rings (SSSR count). The van der Waals surface area contributed by atoms with Gasteiger partial charge in [0.2, 0.25) is 0 Å². The predicted molar refractivity (Wildman–Crippen MR) is 76.6 cm³/mol. The van der Waals surface area contributed by atoms with Gasteiger partial charge in [0, 0.05) is 30.9 Å². The summed E-state index contributed by atoms with van der Waals surface area (Å²) in [6.45, 7) is 5.83. The first-order valence-electron chi connectivity index (χ1n) is 6.98. The van der Waals surface area contributed by atoms with E-state index in [4.69, 9.17) is 5.73 Å². The van der Waals surface area contributed by atoms with E-state index >= 15 is 0 Å². The molecule has 0 spiro atoms. The second-order valence-electron chi connectivity index (χ2n) is 5.55. The summed E-state index contributed by atoms with van der Waals surface area (Å²) in [4.78, 5) is 5.13. The summed E-state index contributed by atoms with van der Waals surface area (Å²) in [6.07, 6.45) is 5.39. The fourth-order valence-electron chi connectivity index (χ4n) is 2.99. The Balaban J connectivity index is 1.81. The number of hydrogen-bond acceptors (Lipinski definition) is 4. The molecule has 2 N–H and O–H groups in total. The molecule has 0 bridgehead atoms. The number of nitrogens with zero attached hydrogens (tertiary/aromatic N) is 2. The Labute approximate surface area is 110 Å². The van der Waals surface area contributed by atoms with E-state index in [9.17, 15) is 0 Å². The second kappa shape index (κ2) is 6.41. The number of nitrogens with two attached hydrogens (primary N) is 1. The topological polar surface area (TPSA) is 32.5 Å². The normalized spacial score (nSPS) is 31.2. The fraction of sp³-hybridized carbons (Fsp3) is 1.00. The average molecular weight is 257 g/mol. The van der Waals surface area contributed by atoms with Crippen molar-refractivity contribution >= 4 is 11.8 Å². The molecule has 0 aromatic carbocycles. The van der Waals surface area contributed by atoms with Crippen molar-refractivity contribution in [2.24, 2.45) is 5.73 Å². The van der Waals surface area contributed by atoms with E-state index in [0.717, 1.165) is 6.54 Å². The van der Waals surface area contributed by atoms with Crippen LogP contribution in [0.5, 0.6) is 0 Å². The molecular formula is C13H27N3S. The van der Waals surface area contributed by atoms with Crippen LogP contribution in [0.15, 0.2) is 0 Å². The highest BCUT2D eigenvalue weighted by Gasteiger charge is 2.35. The summed E-state index contributed by atoms with van der Waals surface area (Å²) in [7, 11) is 2.27. The molecular weight excluding hydrogens is 230 g/mol. The summed E-state index contributed by atoms with van der Waals surface area (Å²) < 4.78 is 0. The van der Waals surface area contributed by atoms with Crippen molar-refractivity contribution in [3.63, 3.8) is 0 Å². The maximum Gasteiger partial charge on any atom is 0.0419 e. The molecule has 4 heteroatoms. The van der Waals surface area contributed by atoms with E-state index < -0.39 is 0 Å². The van der Waals surface area contributed by atoms with Gasteiger partial charge in [-0.2, -0.15) is 11.8 Å². The molecule has 100 valence electrons. The first-order valence-corrected chi connectivity index (χ1v) is 8.14. The van der Waals surface area contributed by atoms with Crippen molar-refractivity contribution in [1.29, 1.82) is 0 Å². The monoisotopic (exact) mass is 257 g/mol. The van der Waals surface area contributed by atoms with Gasteiger partial charge in [-0.05, 0) is 51.6 Å². The highest BCUT2D eigenvalue weighted by molar-refractivity contribution is 7.99. The van der Waals surface area contributed by atoms with Gasteiger partial charge in [-0.15, -0.1) is 0 Å². The lowest BCUT2D eigenvalue weighted by Crippen LogP contribution is -2.56. The minimum atomic E-state index is 0.280. The minimum Gasteiger partial charge on any atom is -0.329 e. The van der Waals surface area contributed by atoms with Crippen LogP contribution in [0, 0.1) is 0 Å². The van der Waals surface area contributed by atoms with E-state index in [2.05, 4.69) is 28.6 Å². The lowest BCUT2D eigenvalue weighted by molar-refractivity contribution is 0.120. The number of rotatable bonds is 5. The minimum absolute atomic E-state index is 0.280. The zero-order valence-corrected chi connectivity index (χ0v) is 12.0. The molecule has 2 heterocycles. The molecule has 0 amide bonds. The van der Waals surface area contributed by atoms with E-state index in [1.807, 2.05) is 0 Å². The Bertz CT molecular complexity index is 223. The second-order valence-corrected chi connectivity index (χ2v) is 6.66. The summed E-state index contributed by atoms with van der Waals surface area (Å²) in [5.74, 6) is 2.54. The number of likely N-dealkylation sites (tertiary alicyclic amines) is 1. The van der Waals surface area contributed by atoms with Crippen molar-refractivity contribution in [3.05, 3.63) is 0 Å². The number of likely N-dealkylation sites (N-methyl/N-ethyl adjacent to an activating group) is 1. The third-order valence-electron chi connectivity index (χ3n) is 4.44. The van der Waals surface area contributed by atoms with Crippen LogP contribution < -0.4 is 5.73 Å². The quantitative estimate of drug-likeness (QED) is 0.803. The summed E-state index contributed by atoms with van der Waals surface area (Å²) in [6, 6.07) is 0. The largest absolute Gasteiger partial charge is 0.329 e. The van der Waals surface area contributed by atoms with Gasteiger partial charge in [0.1, 0.15) is 0 Å². The van der Waals surface area contributed by atoms with E-state index in [1.165, 1.54) is 63.4 Å². The highest BCUT2D eigenvalue weighted by atomic mass is 32.2. The van der Waals surface area contributed by atoms with Crippen molar-refractivity contribution in [2.75, 3.05) is 51.3 Å². The van der Waals surface area contributed by atoms with Gasteiger partial charge in [-0.25, -0.2) is 0 Å². The van der Waals surface area contributed by atoms with Crippen LogP contribution in [0.3, 0.4) is 0 Å². The zero-order chi connectivity index (χ0) is 12.1. The van der Waals surface area contributed by atoms with Crippen molar-refractivity contribution < 1.29 is 0 Å². The molecule has 0 aliphatic carbocycles. The Kier molecular flexibility index (Phi) is 5.15. The van der Waals surface area contributed by atoms with Crippen LogP contribution >= 0.6 is 11.8 Å².